The van der Waals surface area contributed by atoms with Gasteiger partial charge in [0.2, 0.25) is 26.0 Å². The van der Waals surface area contributed by atoms with Crippen LogP contribution in [0.3, 0.4) is 0 Å². The van der Waals surface area contributed by atoms with Crippen LogP contribution < -0.4 is 0 Å². The first-order chi connectivity index (χ1) is 17.8. The Morgan fingerprint density at radius 1 is 0.711 bits per heavy atom. The van der Waals surface area contributed by atoms with E-state index < -0.39 is 20.0 Å². The SMILES string of the molecule is C=C1CN(S(=O)(=O)c2ccc(C)cc2)CCCN(C(=O)C(C)C)CCCN(S(=O)(=O)c2ccc(C)cc2)C1. The van der Waals surface area contributed by atoms with Gasteiger partial charge in [0, 0.05) is 45.2 Å². The first-order valence-corrected chi connectivity index (χ1v) is 15.8. The van der Waals surface area contributed by atoms with Crippen LogP contribution in [0.1, 0.15) is 37.8 Å². The number of aryl methyl sites for hydroxylation is 2. The number of carbonyl (C=O) groups is 1. The second-order valence-corrected chi connectivity index (χ2v) is 14.1. The Hall–Kier alpha value is -2.53. The molecule has 2 aromatic carbocycles. The molecule has 1 aliphatic heterocycles. The summed E-state index contributed by atoms with van der Waals surface area (Å²) in [6, 6.07) is 13.3. The summed E-state index contributed by atoms with van der Waals surface area (Å²) < 4.78 is 57.0. The third kappa shape index (κ3) is 7.31. The van der Waals surface area contributed by atoms with E-state index in [0.29, 0.717) is 31.5 Å². The fourth-order valence-corrected chi connectivity index (χ4v) is 7.41. The Bertz CT molecular complexity index is 1240. The van der Waals surface area contributed by atoms with Gasteiger partial charge in [0.25, 0.3) is 0 Å². The summed E-state index contributed by atoms with van der Waals surface area (Å²) in [5, 5.41) is 0. The van der Waals surface area contributed by atoms with Gasteiger partial charge in [-0.3, -0.25) is 4.79 Å². The Morgan fingerprint density at radius 3 is 1.42 bits per heavy atom. The highest BCUT2D eigenvalue weighted by atomic mass is 32.2. The molecule has 0 atom stereocenters. The standard InChI is InChI=1S/C28H39N3O5S2/c1-22(2)28(32)29-16-6-18-30(37(33,34)26-12-8-23(3)9-13-26)20-25(5)21-31(19-7-17-29)38(35,36)27-14-10-24(4)11-15-27/h8-15,22H,5-7,16-21H2,1-4H3. The van der Waals surface area contributed by atoms with E-state index in [1.165, 1.54) is 8.61 Å². The highest BCUT2D eigenvalue weighted by Gasteiger charge is 2.30. The maximum Gasteiger partial charge on any atom is 0.243 e. The summed E-state index contributed by atoms with van der Waals surface area (Å²) in [6.07, 6.45) is 0.921. The Kier molecular flexibility index (Phi) is 9.91. The van der Waals surface area contributed by atoms with E-state index in [-0.39, 0.29) is 47.8 Å². The van der Waals surface area contributed by atoms with Crippen molar-refractivity contribution in [3.05, 3.63) is 71.8 Å². The predicted molar refractivity (Wildman–Crippen MR) is 150 cm³/mol. The van der Waals surface area contributed by atoms with Gasteiger partial charge >= 0.3 is 0 Å². The summed E-state index contributed by atoms with van der Waals surface area (Å²) in [7, 11) is -7.73. The number of hydrogen-bond donors (Lipinski definition) is 0. The van der Waals surface area contributed by atoms with Gasteiger partial charge < -0.3 is 4.90 Å². The van der Waals surface area contributed by atoms with Gasteiger partial charge in [-0.25, -0.2) is 16.8 Å². The molecule has 0 saturated carbocycles. The topological polar surface area (TPSA) is 95.1 Å². The van der Waals surface area contributed by atoms with Gasteiger partial charge in [-0.15, -0.1) is 0 Å². The molecular weight excluding hydrogens is 522 g/mol. The smallest absolute Gasteiger partial charge is 0.243 e. The first kappa shape index (κ1) is 30.0. The molecule has 38 heavy (non-hydrogen) atoms. The molecule has 3 rings (SSSR count). The largest absolute Gasteiger partial charge is 0.342 e. The van der Waals surface area contributed by atoms with Crippen molar-refractivity contribution in [2.24, 2.45) is 5.92 Å². The lowest BCUT2D eigenvalue weighted by atomic mass is 10.1. The summed E-state index contributed by atoms with van der Waals surface area (Å²) in [4.78, 5) is 14.9. The minimum atomic E-state index is -3.86. The molecule has 208 valence electrons. The van der Waals surface area contributed by atoms with Gasteiger partial charge in [-0.05, 0) is 56.5 Å². The molecule has 8 nitrogen and oxygen atoms in total. The summed E-state index contributed by atoms with van der Waals surface area (Å²) in [5.74, 6) is -0.255. The Morgan fingerprint density at radius 2 is 1.08 bits per heavy atom. The summed E-state index contributed by atoms with van der Waals surface area (Å²) >= 11 is 0. The van der Waals surface area contributed by atoms with E-state index in [1.54, 1.807) is 53.4 Å². The molecule has 0 unspecified atom stereocenters. The predicted octanol–water partition coefficient (Wildman–Crippen LogP) is 3.82. The van der Waals surface area contributed by atoms with Crippen LogP contribution >= 0.6 is 0 Å². The number of carbonyl (C=O) groups excluding carboxylic acids is 1. The van der Waals surface area contributed by atoms with Crippen LogP contribution in [0.5, 0.6) is 0 Å². The molecule has 2 aromatic rings. The molecule has 1 fully saturated rings. The highest BCUT2D eigenvalue weighted by molar-refractivity contribution is 7.89. The number of nitrogens with zero attached hydrogens (tertiary/aromatic N) is 3. The van der Waals surface area contributed by atoms with Crippen molar-refractivity contribution < 1.29 is 21.6 Å². The van der Waals surface area contributed by atoms with Crippen molar-refractivity contribution >= 4 is 26.0 Å². The van der Waals surface area contributed by atoms with Gasteiger partial charge in [-0.2, -0.15) is 8.61 Å². The molecule has 0 N–H and O–H groups in total. The average molecular weight is 562 g/mol. The maximum absolute atomic E-state index is 13.6. The average Bonchev–Trinajstić information content (AvgIpc) is 2.85. The van der Waals surface area contributed by atoms with Crippen LogP contribution in [-0.4, -0.2) is 75.5 Å². The molecular formula is C28H39N3O5S2. The second-order valence-electron chi connectivity index (χ2n) is 10.2. The summed E-state index contributed by atoms with van der Waals surface area (Å²) in [5.41, 5.74) is 2.37. The normalized spacial score (nSPS) is 17.7. The van der Waals surface area contributed by atoms with Crippen LogP contribution in [0, 0.1) is 19.8 Å². The number of rotatable bonds is 5. The van der Waals surface area contributed by atoms with E-state index in [0.717, 1.165) is 11.1 Å². The molecule has 0 spiro atoms. The minimum absolute atomic E-state index is 0.0196. The third-order valence-corrected chi connectivity index (χ3v) is 10.3. The monoisotopic (exact) mass is 561 g/mol. The van der Waals surface area contributed by atoms with Gasteiger partial charge in [0.15, 0.2) is 0 Å². The molecule has 0 bridgehead atoms. The van der Waals surface area contributed by atoms with Crippen LogP contribution in [-0.2, 0) is 24.8 Å². The van der Waals surface area contributed by atoms with Crippen LogP contribution in [0.15, 0.2) is 70.5 Å². The van der Waals surface area contributed by atoms with E-state index in [4.69, 9.17) is 0 Å². The van der Waals surface area contributed by atoms with E-state index in [9.17, 15) is 21.6 Å². The van der Waals surface area contributed by atoms with E-state index >= 15 is 0 Å². The number of hydrogen-bond acceptors (Lipinski definition) is 5. The lowest BCUT2D eigenvalue weighted by Crippen LogP contribution is -2.43. The zero-order valence-electron chi connectivity index (χ0n) is 22.8. The van der Waals surface area contributed by atoms with Crippen molar-refractivity contribution in [1.82, 2.24) is 13.5 Å². The molecule has 0 radical (unpaired) electrons. The highest BCUT2D eigenvalue weighted by Crippen LogP contribution is 2.22. The molecule has 1 aliphatic rings. The number of amides is 1. The lowest BCUT2D eigenvalue weighted by Gasteiger charge is -2.31. The zero-order chi connectivity index (χ0) is 28.1. The van der Waals surface area contributed by atoms with Crippen molar-refractivity contribution in [2.75, 3.05) is 39.3 Å². The van der Waals surface area contributed by atoms with Gasteiger partial charge in [0.05, 0.1) is 9.79 Å². The van der Waals surface area contributed by atoms with Crippen LogP contribution in [0.25, 0.3) is 0 Å². The molecule has 10 heteroatoms. The van der Waals surface area contributed by atoms with E-state index in [1.807, 2.05) is 27.7 Å². The molecule has 1 saturated heterocycles. The van der Waals surface area contributed by atoms with Crippen LogP contribution in [0.4, 0.5) is 0 Å². The third-order valence-electron chi connectivity index (χ3n) is 6.59. The Labute approximate surface area is 228 Å². The zero-order valence-corrected chi connectivity index (χ0v) is 24.4. The van der Waals surface area contributed by atoms with Crippen molar-refractivity contribution in [3.8, 4) is 0 Å². The fourth-order valence-electron chi connectivity index (χ4n) is 4.41. The summed E-state index contributed by atoms with van der Waals surface area (Å²) in [6.45, 7) is 12.6. The first-order valence-electron chi connectivity index (χ1n) is 12.9. The Balaban J connectivity index is 1.96. The molecule has 1 amide bonds. The quantitative estimate of drug-likeness (QED) is 0.518. The molecule has 0 aliphatic carbocycles. The number of benzene rings is 2. The molecule has 1 heterocycles. The minimum Gasteiger partial charge on any atom is -0.342 e. The fraction of sp³-hybridized carbons (Fsp3) is 0.464. The van der Waals surface area contributed by atoms with Crippen molar-refractivity contribution in [2.45, 2.75) is 50.3 Å². The van der Waals surface area contributed by atoms with E-state index in [2.05, 4.69) is 6.58 Å². The number of sulfonamides is 2. The van der Waals surface area contributed by atoms with Crippen molar-refractivity contribution in [1.29, 1.82) is 0 Å². The van der Waals surface area contributed by atoms with Crippen LogP contribution in [0.2, 0.25) is 0 Å². The van der Waals surface area contributed by atoms with Gasteiger partial charge in [-0.1, -0.05) is 55.8 Å². The lowest BCUT2D eigenvalue weighted by molar-refractivity contribution is -0.134. The maximum atomic E-state index is 13.6. The second kappa shape index (κ2) is 12.5. The van der Waals surface area contributed by atoms with Gasteiger partial charge in [0.1, 0.15) is 0 Å². The molecule has 0 aromatic heterocycles. The van der Waals surface area contributed by atoms with Crippen molar-refractivity contribution in [3.63, 3.8) is 0 Å².